The molecule has 0 aliphatic heterocycles. The average molecular weight is 655 g/mol. The highest BCUT2D eigenvalue weighted by atomic mass is 31.1. The van der Waals surface area contributed by atoms with Crippen LogP contribution in [0.5, 0.6) is 34.5 Å². The van der Waals surface area contributed by atoms with E-state index >= 15 is 0 Å². The zero-order valence-electron chi connectivity index (χ0n) is 26.7. The molecule has 0 bridgehead atoms. The van der Waals surface area contributed by atoms with Crippen molar-refractivity contribution in [1.29, 1.82) is 0 Å². The number of rotatable bonds is 16. The van der Waals surface area contributed by atoms with E-state index in [-0.39, 0.29) is 0 Å². The molecule has 0 aliphatic carbocycles. The van der Waals surface area contributed by atoms with Crippen molar-refractivity contribution >= 4 is 37.5 Å². The molecular formula is C38H40O6P2. The molecular weight excluding hydrogens is 614 g/mol. The maximum atomic E-state index is 7.05. The largest absolute Gasteiger partial charge is 0.493 e. The summed E-state index contributed by atoms with van der Waals surface area (Å²) in [7, 11) is -2.88. The summed E-state index contributed by atoms with van der Waals surface area (Å²) in [6.45, 7) is 10.1. The Morgan fingerprint density at radius 1 is 0.326 bits per heavy atom. The molecule has 0 saturated carbocycles. The van der Waals surface area contributed by atoms with Gasteiger partial charge < -0.3 is 28.0 Å². The Morgan fingerprint density at radius 3 is 0.783 bits per heavy atom. The van der Waals surface area contributed by atoms with Crippen LogP contribution in [-0.4, -0.2) is 26.4 Å². The van der Waals surface area contributed by atoms with Gasteiger partial charge in [0, 0.05) is 0 Å². The molecule has 0 aromatic heterocycles. The van der Waals surface area contributed by atoms with E-state index in [4.69, 9.17) is 28.0 Å². The molecule has 0 unspecified atom stereocenters. The van der Waals surface area contributed by atoms with E-state index < -0.39 is 16.3 Å². The van der Waals surface area contributed by atoms with E-state index in [1.807, 2.05) is 125 Å². The summed E-state index contributed by atoms with van der Waals surface area (Å²) in [5.74, 6) is 4.33. The lowest BCUT2D eigenvalue weighted by Crippen LogP contribution is -2.21. The smallest absolute Gasteiger partial charge is 0.166 e. The second kappa shape index (κ2) is 16.9. The molecule has 0 aliphatic rings. The van der Waals surface area contributed by atoms with E-state index in [1.54, 1.807) is 0 Å². The zero-order valence-corrected chi connectivity index (χ0v) is 28.5. The SMILES string of the molecule is CCOc1ccccc1P(Oc1ccccc1OP(c1ccccc1OCC)c1ccccc1OCC)c1ccccc1OCC. The van der Waals surface area contributed by atoms with Gasteiger partial charge in [0.1, 0.15) is 23.0 Å². The fourth-order valence-corrected chi connectivity index (χ4v) is 8.71. The van der Waals surface area contributed by atoms with E-state index in [0.717, 1.165) is 44.2 Å². The minimum absolute atomic E-state index is 0.537. The zero-order chi connectivity index (χ0) is 32.1. The summed E-state index contributed by atoms with van der Waals surface area (Å²) in [6.07, 6.45) is 0. The monoisotopic (exact) mass is 654 g/mol. The minimum atomic E-state index is -1.44. The number of hydrogen-bond donors (Lipinski definition) is 0. The van der Waals surface area contributed by atoms with Gasteiger partial charge in [-0.15, -0.1) is 0 Å². The second-order valence-electron chi connectivity index (χ2n) is 9.82. The molecule has 238 valence electrons. The van der Waals surface area contributed by atoms with Gasteiger partial charge in [-0.25, -0.2) is 0 Å². The molecule has 0 heterocycles. The Balaban J connectivity index is 1.63. The molecule has 5 aromatic rings. The van der Waals surface area contributed by atoms with Crippen LogP contribution < -0.4 is 49.2 Å². The van der Waals surface area contributed by atoms with Crippen molar-refractivity contribution in [2.75, 3.05) is 26.4 Å². The van der Waals surface area contributed by atoms with Crippen LogP contribution in [0, 0.1) is 0 Å². The number of hydrogen-bond acceptors (Lipinski definition) is 6. The van der Waals surface area contributed by atoms with Gasteiger partial charge >= 0.3 is 0 Å². The van der Waals surface area contributed by atoms with Crippen LogP contribution in [0.15, 0.2) is 121 Å². The molecule has 0 radical (unpaired) electrons. The van der Waals surface area contributed by atoms with E-state index in [9.17, 15) is 0 Å². The van der Waals surface area contributed by atoms with E-state index in [2.05, 4.69) is 24.3 Å². The van der Waals surface area contributed by atoms with Crippen LogP contribution in [0.1, 0.15) is 27.7 Å². The normalized spacial score (nSPS) is 10.9. The van der Waals surface area contributed by atoms with Crippen molar-refractivity contribution in [3.8, 4) is 34.5 Å². The Hall–Kier alpha value is -4.24. The second-order valence-corrected chi connectivity index (χ2v) is 13.3. The van der Waals surface area contributed by atoms with Gasteiger partial charge in [-0.3, -0.25) is 0 Å². The molecule has 6 nitrogen and oxygen atoms in total. The van der Waals surface area contributed by atoms with Crippen molar-refractivity contribution in [3.05, 3.63) is 121 Å². The summed E-state index contributed by atoms with van der Waals surface area (Å²) >= 11 is 0. The van der Waals surface area contributed by atoms with Gasteiger partial charge in [0.05, 0.1) is 47.6 Å². The van der Waals surface area contributed by atoms with Crippen molar-refractivity contribution in [2.24, 2.45) is 0 Å². The van der Waals surface area contributed by atoms with Crippen molar-refractivity contribution < 1.29 is 28.0 Å². The van der Waals surface area contributed by atoms with Crippen LogP contribution >= 0.6 is 16.3 Å². The molecule has 46 heavy (non-hydrogen) atoms. The lowest BCUT2D eigenvalue weighted by Gasteiger charge is -2.27. The highest BCUT2D eigenvalue weighted by Gasteiger charge is 2.29. The summed E-state index contributed by atoms with van der Waals surface area (Å²) in [5.41, 5.74) is 0. The Morgan fingerprint density at radius 2 is 0.543 bits per heavy atom. The Bertz CT molecular complexity index is 1470. The molecule has 0 fully saturated rings. The standard InChI is InChI=1S/C38H40O6P2/c1-5-39-31-21-11-15-25-35(31)45(36-26-16-12-22-32(36)40-6-2)43-29-19-9-10-20-30(29)44-46(37-27-17-13-23-33(37)41-7-3)38-28-18-14-24-34(38)42-8-4/h9-28H,5-8H2,1-4H3. The molecule has 0 amide bonds. The first-order chi connectivity index (χ1) is 22.7. The summed E-state index contributed by atoms with van der Waals surface area (Å²) in [4.78, 5) is 0. The third kappa shape index (κ3) is 7.94. The lowest BCUT2D eigenvalue weighted by atomic mass is 10.3. The van der Waals surface area contributed by atoms with Gasteiger partial charge in [0.25, 0.3) is 0 Å². The quantitative estimate of drug-likeness (QED) is 0.100. The number of benzene rings is 5. The summed E-state index contributed by atoms with van der Waals surface area (Å²) in [6, 6.07) is 40.0. The summed E-state index contributed by atoms with van der Waals surface area (Å²) < 4.78 is 38.5. The predicted octanol–water partition coefficient (Wildman–Crippen LogP) is 8.13. The van der Waals surface area contributed by atoms with Crippen LogP contribution in [0.3, 0.4) is 0 Å². The first-order valence-corrected chi connectivity index (χ1v) is 18.1. The van der Waals surface area contributed by atoms with Crippen LogP contribution in [0.2, 0.25) is 0 Å². The Labute approximate surface area is 274 Å². The van der Waals surface area contributed by atoms with E-state index in [0.29, 0.717) is 37.9 Å². The maximum absolute atomic E-state index is 7.05. The fourth-order valence-electron chi connectivity index (χ4n) is 4.86. The van der Waals surface area contributed by atoms with Crippen molar-refractivity contribution in [2.45, 2.75) is 27.7 Å². The topological polar surface area (TPSA) is 55.4 Å². The molecule has 0 N–H and O–H groups in total. The predicted molar refractivity (Wildman–Crippen MR) is 191 cm³/mol. The Kier molecular flexibility index (Phi) is 12.2. The van der Waals surface area contributed by atoms with Gasteiger partial charge in [-0.1, -0.05) is 60.7 Å². The van der Waals surface area contributed by atoms with Gasteiger partial charge in [0.2, 0.25) is 0 Å². The highest BCUT2D eigenvalue weighted by molar-refractivity contribution is 7.69. The number of para-hydroxylation sites is 6. The van der Waals surface area contributed by atoms with Gasteiger partial charge in [-0.05, 0) is 88.4 Å². The third-order valence-corrected chi connectivity index (χ3v) is 10.8. The average Bonchev–Trinajstić information content (AvgIpc) is 3.09. The fraction of sp³-hybridized carbons (Fsp3) is 0.211. The highest BCUT2D eigenvalue weighted by Crippen LogP contribution is 2.49. The van der Waals surface area contributed by atoms with Crippen molar-refractivity contribution in [3.63, 3.8) is 0 Å². The van der Waals surface area contributed by atoms with E-state index in [1.165, 1.54) is 0 Å². The molecule has 5 aromatic carbocycles. The van der Waals surface area contributed by atoms with Gasteiger partial charge in [-0.2, -0.15) is 0 Å². The lowest BCUT2D eigenvalue weighted by molar-refractivity contribution is 0.341. The molecule has 0 atom stereocenters. The van der Waals surface area contributed by atoms with Crippen molar-refractivity contribution in [1.82, 2.24) is 0 Å². The number of ether oxygens (including phenoxy) is 4. The molecule has 8 heteroatoms. The molecule has 0 saturated heterocycles. The minimum Gasteiger partial charge on any atom is -0.493 e. The summed E-state index contributed by atoms with van der Waals surface area (Å²) in [5, 5.41) is 3.80. The van der Waals surface area contributed by atoms with Crippen LogP contribution in [0.4, 0.5) is 0 Å². The molecule has 0 spiro atoms. The first kappa shape index (κ1) is 33.1. The third-order valence-electron chi connectivity index (χ3n) is 6.76. The van der Waals surface area contributed by atoms with Gasteiger partial charge in [0.15, 0.2) is 27.8 Å². The molecule has 5 rings (SSSR count). The van der Waals surface area contributed by atoms with Crippen LogP contribution in [0.25, 0.3) is 0 Å². The van der Waals surface area contributed by atoms with Crippen LogP contribution in [-0.2, 0) is 0 Å². The first-order valence-electron chi connectivity index (χ1n) is 15.6. The maximum Gasteiger partial charge on any atom is 0.166 e.